The van der Waals surface area contributed by atoms with Crippen molar-refractivity contribution >= 4 is 31.9 Å². The van der Waals surface area contributed by atoms with Gasteiger partial charge in [0.05, 0.1) is 22.0 Å². The molecule has 1 aliphatic heterocycles. The van der Waals surface area contributed by atoms with E-state index >= 15 is 0 Å². The Morgan fingerprint density at radius 2 is 2.28 bits per heavy atom. The Labute approximate surface area is 125 Å². The summed E-state index contributed by atoms with van der Waals surface area (Å²) >= 11 is 7.31. The molecule has 1 heterocycles. The van der Waals surface area contributed by atoms with Crippen LogP contribution in [0.25, 0.3) is 0 Å². The normalized spacial score (nSPS) is 21.6. The summed E-state index contributed by atoms with van der Waals surface area (Å²) in [4.78, 5) is 0.254. The van der Waals surface area contributed by atoms with Gasteiger partial charge >= 0.3 is 0 Å². The molecule has 0 N–H and O–H groups in total. The van der Waals surface area contributed by atoms with Crippen molar-refractivity contribution in [3.8, 4) is 5.75 Å². The van der Waals surface area contributed by atoms with E-state index in [0.717, 1.165) is 23.2 Å². The summed E-state index contributed by atoms with van der Waals surface area (Å²) in [6, 6.07) is 6.23. The molecule has 1 aromatic carbocycles. The molecule has 0 aliphatic carbocycles. The van der Waals surface area contributed by atoms with Crippen molar-refractivity contribution in [3.63, 3.8) is 0 Å². The lowest BCUT2D eigenvalue weighted by Gasteiger charge is -2.27. The summed E-state index contributed by atoms with van der Waals surface area (Å²) in [5.74, 6) is 0.894. The highest BCUT2D eigenvalue weighted by molar-refractivity contribution is 9.10. The number of ether oxygens (including phenoxy) is 2. The van der Waals surface area contributed by atoms with Crippen LogP contribution >= 0.6 is 31.9 Å². The van der Waals surface area contributed by atoms with Crippen molar-refractivity contribution in [1.82, 2.24) is 0 Å². The van der Waals surface area contributed by atoms with Crippen LogP contribution in [-0.4, -0.2) is 19.3 Å². The molecule has 1 fully saturated rings. The smallest absolute Gasteiger partial charge is 0.133 e. The van der Waals surface area contributed by atoms with Gasteiger partial charge in [-0.05, 0) is 59.8 Å². The van der Waals surface area contributed by atoms with Gasteiger partial charge in [-0.3, -0.25) is 0 Å². The van der Waals surface area contributed by atoms with E-state index in [1.807, 2.05) is 13.0 Å². The molecule has 1 aromatic rings. The molecule has 1 aliphatic rings. The van der Waals surface area contributed by atoms with Gasteiger partial charge in [0.1, 0.15) is 5.75 Å². The van der Waals surface area contributed by atoms with Gasteiger partial charge in [-0.1, -0.05) is 22.0 Å². The molecule has 2 unspecified atom stereocenters. The molecule has 2 atom stereocenters. The lowest BCUT2D eigenvalue weighted by Crippen LogP contribution is -2.23. The quantitative estimate of drug-likeness (QED) is 0.698. The zero-order chi connectivity index (χ0) is 13.0. The third-order valence-electron chi connectivity index (χ3n) is 3.12. The molecule has 2 rings (SSSR count). The van der Waals surface area contributed by atoms with E-state index in [0.29, 0.717) is 6.61 Å². The highest BCUT2D eigenvalue weighted by Gasteiger charge is 2.24. The SMILES string of the molecule is CCOc1ccc(C(Br)C2CCCCO2)cc1Br. The second-order valence-electron chi connectivity index (χ2n) is 4.43. The molecule has 4 heteroatoms. The van der Waals surface area contributed by atoms with Crippen LogP contribution in [0.3, 0.4) is 0 Å². The molecule has 0 bridgehead atoms. The lowest BCUT2D eigenvalue weighted by molar-refractivity contribution is 0.0160. The Hall–Kier alpha value is -0.0600. The number of halogens is 2. The molecule has 0 spiro atoms. The first-order valence-corrected chi connectivity index (χ1v) is 8.11. The van der Waals surface area contributed by atoms with E-state index in [1.54, 1.807) is 0 Å². The zero-order valence-corrected chi connectivity index (χ0v) is 13.7. The van der Waals surface area contributed by atoms with Crippen molar-refractivity contribution in [2.45, 2.75) is 37.1 Å². The van der Waals surface area contributed by atoms with Crippen LogP contribution < -0.4 is 4.74 Å². The standard InChI is InChI=1S/C14H18Br2O2/c1-2-17-12-7-6-10(9-11(12)15)14(16)13-5-3-4-8-18-13/h6-7,9,13-14H,2-5,8H2,1H3. The fourth-order valence-electron chi connectivity index (χ4n) is 2.17. The van der Waals surface area contributed by atoms with E-state index in [9.17, 15) is 0 Å². The fraction of sp³-hybridized carbons (Fsp3) is 0.571. The van der Waals surface area contributed by atoms with Gasteiger partial charge in [0.25, 0.3) is 0 Å². The van der Waals surface area contributed by atoms with Crippen molar-refractivity contribution in [1.29, 1.82) is 0 Å². The molecule has 0 amide bonds. The second kappa shape index (κ2) is 6.92. The topological polar surface area (TPSA) is 18.5 Å². The maximum absolute atomic E-state index is 5.82. The van der Waals surface area contributed by atoms with Crippen LogP contribution in [0, 0.1) is 0 Å². The van der Waals surface area contributed by atoms with Gasteiger partial charge < -0.3 is 9.47 Å². The van der Waals surface area contributed by atoms with Gasteiger partial charge in [-0.2, -0.15) is 0 Å². The summed E-state index contributed by atoms with van der Waals surface area (Å²) < 4.78 is 12.3. The Morgan fingerprint density at radius 1 is 1.44 bits per heavy atom. The predicted octanol–water partition coefficient (Wildman–Crippen LogP) is 4.85. The van der Waals surface area contributed by atoms with Gasteiger partial charge in [0.2, 0.25) is 0 Å². The minimum absolute atomic E-state index is 0.254. The van der Waals surface area contributed by atoms with E-state index in [1.165, 1.54) is 18.4 Å². The van der Waals surface area contributed by atoms with E-state index in [2.05, 4.69) is 44.0 Å². The maximum atomic E-state index is 5.82. The van der Waals surface area contributed by atoms with Crippen LogP contribution in [0.4, 0.5) is 0 Å². The highest BCUT2D eigenvalue weighted by Crippen LogP contribution is 2.36. The first kappa shape index (κ1) is 14.4. The van der Waals surface area contributed by atoms with Gasteiger partial charge in [-0.15, -0.1) is 0 Å². The highest BCUT2D eigenvalue weighted by atomic mass is 79.9. The van der Waals surface area contributed by atoms with Gasteiger partial charge in [0, 0.05) is 6.61 Å². The number of hydrogen-bond acceptors (Lipinski definition) is 2. The summed E-state index contributed by atoms with van der Waals surface area (Å²) in [6.07, 6.45) is 3.85. The first-order valence-electron chi connectivity index (χ1n) is 6.40. The number of benzene rings is 1. The van der Waals surface area contributed by atoms with Crippen LogP contribution in [0.5, 0.6) is 5.75 Å². The molecule has 0 radical (unpaired) electrons. The molecule has 1 saturated heterocycles. The van der Waals surface area contributed by atoms with Crippen molar-refractivity contribution in [2.24, 2.45) is 0 Å². The molecular formula is C14H18Br2O2. The number of alkyl halides is 1. The molecule has 2 nitrogen and oxygen atoms in total. The molecule has 0 saturated carbocycles. The van der Waals surface area contributed by atoms with E-state index in [4.69, 9.17) is 9.47 Å². The van der Waals surface area contributed by atoms with Crippen molar-refractivity contribution in [3.05, 3.63) is 28.2 Å². The Balaban J connectivity index is 2.10. The second-order valence-corrected chi connectivity index (χ2v) is 6.27. The molecule has 100 valence electrons. The van der Waals surface area contributed by atoms with Gasteiger partial charge in [-0.25, -0.2) is 0 Å². The Kier molecular flexibility index (Phi) is 5.52. The van der Waals surface area contributed by atoms with Crippen LogP contribution in [0.15, 0.2) is 22.7 Å². The van der Waals surface area contributed by atoms with E-state index in [-0.39, 0.29) is 10.9 Å². The predicted molar refractivity (Wildman–Crippen MR) is 80.6 cm³/mol. The summed E-state index contributed by atoms with van der Waals surface area (Å²) in [7, 11) is 0. The minimum Gasteiger partial charge on any atom is -0.493 e. The summed E-state index contributed by atoms with van der Waals surface area (Å²) in [6.45, 7) is 3.55. The molecule has 18 heavy (non-hydrogen) atoms. The Morgan fingerprint density at radius 3 is 2.89 bits per heavy atom. The monoisotopic (exact) mass is 376 g/mol. The number of rotatable bonds is 4. The van der Waals surface area contributed by atoms with Crippen molar-refractivity contribution < 1.29 is 9.47 Å². The first-order chi connectivity index (χ1) is 8.72. The average Bonchev–Trinajstić information content (AvgIpc) is 2.41. The molecule has 0 aromatic heterocycles. The summed E-state index contributed by atoms with van der Waals surface area (Å²) in [5, 5.41) is 0. The largest absolute Gasteiger partial charge is 0.493 e. The van der Waals surface area contributed by atoms with Crippen LogP contribution in [-0.2, 0) is 4.74 Å². The maximum Gasteiger partial charge on any atom is 0.133 e. The minimum atomic E-state index is 0.254. The van der Waals surface area contributed by atoms with Gasteiger partial charge in [0.15, 0.2) is 0 Å². The average molecular weight is 378 g/mol. The molecular weight excluding hydrogens is 360 g/mol. The van der Waals surface area contributed by atoms with E-state index < -0.39 is 0 Å². The van der Waals surface area contributed by atoms with Crippen LogP contribution in [0.1, 0.15) is 36.6 Å². The lowest BCUT2D eigenvalue weighted by atomic mass is 10.0. The Bertz CT molecular complexity index is 389. The third-order valence-corrected chi connectivity index (χ3v) is 4.85. The zero-order valence-electron chi connectivity index (χ0n) is 10.5. The fourth-order valence-corrected chi connectivity index (χ4v) is 3.38. The third kappa shape index (κ3) is 3.49. The summed E-state index contributed by atoms with van der Waals surface area (Å²) in [5.41, 5.74) is 1.23. The van der Waals surface area contributed by atoms with Crippen LogP contribution in [0.2, 0.25) is 0 Å². The number of hydrogen-bond donors (Lipinski definition) is 0. The van der Waals surface area contributed by atoms with Crippen molar-refractivity contribution in [2.75, 3.05) is 13.2 Å².